The number of anilines is 2. The topological polar surface area (TPSA) is 75.6 Å². The van der Waals surface area contributed by atoms with Gasteiger partial charge in [-0.25, -0.2) is 0 Å². The van der Waals surface area contributed by atoms with E-state index in [1.54, 1.807) is 12.1 Å². The number of hydrogen-bond donors (Lipinski definition) is 2. The standard InChI is InChI=1S/C14H24N4O/c1-4-7-18(9-8-17(2)3)13-10-11(15)5-6-12(13)14(16)19/h5-6,10H,4,7-9,15H2,1-3H3,(H2,16,19). The molecule has 0 fully saturated rings. The van der Waals surface area contributed by atoms with Gasteiger partial charge in [0.25, 0.3) is 5.91 Å². The van der Waals surface area contributed by atoms with Gasteiger partial charge in [-0.2, -0.15) is 0 Å². The highest BCUT2D eigenvalue weighted by molar-refractivity contribution is 5.99. The van der Waals surface area contributed by atoms with Crippen LogP contribution in [0, 0.1) is 0 Å². The molecule has 0 spiro atoms. The van der Waals surface area contributed by atoms with Crippen molar-refractivity contribution in [3.8, 4) is 0 Å². The van der Waals surface area contributed by atoms with E-state index in [1.807, 2.05) is 20.2 Å². The zero-order valence-electron chi connectivity index (χ0n) is 12.0. The highest BCUT2D eigenvalue weighted by Gasteiger charge is 2.14. The summed E-state index contributed by atoms with van der Waals surface area (Å²) >= 11 is 0. The number of nitrogens with two attached hydrogens (primary N) is 2. The van der Waals surface area contributed by atoms with Crippen molar-refractivity contribution in [1.82, 2.24) is 4.90 Å². The average molecular weight is 264 g/mol. The smallest absolute Gasteiger partial charge is 0.250 e. The van der Waals surface area contributed by atoms with E-state index in [9.17, 15) is 4.79 Å². The molecule has 1 aromatic carbocycles. The third-order valence-electron chi connectivity index (χ3n) is 2.94. The summed E-state index contributed by atoms with van der Waals surface area (Å²) in [5.74, 6) is -0.416. The second-order valence-electron chi connectivity index (χ2n) is 4.93. The second kappa shape index (κ2) is 6.99. The molecule has 0 aliphatic carbocycles. The Morgan fingerprint density at radius 2 is 1.89 bits per heavy atom. The molecule has 0 aromatic heterocycles. The molecule has 106 valence electrons. The van der Waals surface area contributed by atoms with Crippen LogP contribution in [0.1, 0.15) is 23.7 Å². The summed E-state index contributed by atoms with van der Waals surface area (Å²) < 4.78 is 0. The van der Waals surface area contributed by atoms with Crippen LogP contribution in [0.15, 0.2) is 18.2 Å². The summed E-state index contributed by atoms with van der Waals surface area (Å²) in [6.07, 6.45) is 1.00. The highest BCUT2D eigenvalue weighted by atomic mass is 16.1. The molecule has 0 heterocycles. The van der Waals surface area contributed by atoms with Crippen LogP contribution < -0.4 is 16.4 Å². The minimum absolute atomic E-state index is 0.416. The fourth-order valence-electron chi connectivity index (χ4n) is 1.96. The Bertz CT molecular complexity index is 431. The first-order valence-corrected chi connectivity index (χ1v) is 6.54. The molecule has 5 heteroatoms. The quantitative estimate of drug-likeness (QED) is 0.724. The third-order valence-corrected chi connectivity index (χ3v) is 2.94. The van der Waals surface area contributed by atoms with Gasteiger partial charge >= 0.3 is 0 Å². The van der Waals surface area contributed by atoms with Crippen molar-refractivity contribution in [2.75, 3.05) is 44.4 Å². The van der Waals surface area contributed by atoms with Gasteiger partial charge in [0.15, 0.2) is 0 Å². The number of carbonyl (C=O) groups is 1. The first-order valence-electron chi connectivity index (χ1n) is 6.54. The van der Waals surface area contributed by atoms with Crippen molar-refractivity contribution in [2.24, 2.45) is 5.73 Å². The number of nitrogen functional groups attached to an aromatic ring is 1. The molecule has 0 aliphatic heterocycles. The maximum atomic E-state index is 11.5. The molecule has 0 atom stereocenters. The Balaban J connectivity index is 3.05. The lowest BCUT2D eigenvalue weighted by Crippen LogP contribution is -2.34. The minimum Gasteiger partial charge on any atom is -0.399 e. The van der Waals surface area contributed by atoms with Crippen molar-refractivity contribution in [3.05, 3.63) is 23.8 Å². The summed E-state index contributed by atoms with van der Waals surface area (Å²) in [5, 5.41) is 0. The lowest BCUT2D eigenvalue weighted by Gasteiger charge is -2.27. The molecule has 1 amide bonds. The molecule has 0 aliphatic rings. The van der Waals surface area contributed by atoms with Gasteiger partial charge in [-0.1, -0.05) is 6.92 Å². The summed E-state index contributed by atoms with van der Waals surface area (Å²) in [7, 11) is 4.05. The van der Waals surface area contributed by atoms with E-state index >= 15 is 0 Å². The van der Waals surface area contributed by atoms with Gasteiger partial charge in [0.1, 0.15) is 0 Å². The van der Waals surface area contributed by atoms with Crippen LogP contribution in [0.2, 0.25) is 0 Å². The molecule has 1 aromatic rings. The van der Waals surface area contributed by atoms with Gasteiger partial charge in [-0.15, -0.1) is 0 Å². The Morgan fingerprint density at radius 3 is 2.42 bits per heavy atom. The number of hydrogen-bond acceptors (Lipinski definition) is 4. The summed E-state index contributed by atoms with van der Waals surface area (Å²) in [5.41, 5.74) is 13.3. The second-order valence-corrected chi connectivity index (χ2v) is 4.93. The van der Waals surface area contributed by atoms with Crippen LogP contribution in [0.3, 0.4) is 0 Å². The van der Waals surface area contributed by atoms with Crippen LogP contribution >= 0.6 is 0 Å². The lowest BCUT2D eigenvalue weighted by molar-refractivity contribution is 0.100. The van der Waals surface area contributed by atoms with E-state index in [2.05, 4.69) is 16.7 Å². The van der Waals surface area contributed by atoms with Gasteiger partial charge in [0.05, 0.1) is 11.3 Å². The van der Waals surface area contributed by atoms with Gasteiger partial charge < -0.3 is 21.3 Å². The van der Waals surface area contributed by atoms with Crippen LogP contribution in [-0.4, -0.2) is 44.5 Å². The Hall–Kier alpha value is -1.75. The molecule has 0 radical (unpaired) electrons. The first kappa shape index (κ1) is 15.3. The van der Waals surface area contributed by atoms with E-state index in [-0.39, 0.29) is 0 Å². The fraction of sp³-hybridized carbons (Fsp3) is 0.500. The zero-order chi connectivity index (χ0) is 14.4. The van der Waals surface area contributed by atoms with E-state index in [1.165, 1.54) is 0 Å². The molecular formula is C14H24N4O. The summed E-state index contributed by atoms with van der Waals surface area (Å²) in [6.45, 7) is 4.73. The molecule has 5 nitrogen and oxygen atoms in total. The zero-order valence-corrected chi connectivity index (χ0v) is 12.0. The number of amides is 1. The highest BCUT2D eigenvalue weighted by Crippen LogP contribution is 2.23. The number of nitrogens with zero attached hydrogens (tertiary/aromatic N) is 2. The number of carbonyl (C=O) groups excluding carboxylic acids is 1. The average Bonchev–Trinajstić information content (AvgIpc) is 2.33. The number of primary amides is 1. The molecule has 0 saturated carbocycles. The predicted molar refractivity (Wildman–Crippen MR) is 80.4 cm³/mol. The van der Waals surface area contributed by atoms with Crippen molar-refractivity contribution in [1.29, 1.82) is 0 Å². The Morgan fingerprint density at radius 1 is 1.21 bits per heavy atom. The van der Waals surface area contributed by atoms with E-state index in [0.29, 0.717) is 11.3 Å². The van der Waals surface area contributed by atoms with Crippen molar-refractivity contribution >= 4 is 17.3 Å². The molecule has 0 saturated heterocycles. The van der Waals surface area contributed by atoms with Crippen LogP contribution in [0.5, 0.6) is 0 Å². The third kappa shape index (κ3) is 4.44. The van der Waals surface area contributed by atoms with Crippen LogP contribution in [0.4, 0.5) is 11.4 Å². The lowest BCUT2D eigenvalue weighted by atomic mass is 10.1. The minimum atomic E-state index is -0.416. The molecule has 0 bridgehead atoms. The molecule has 0 unspecified atom stereocenters. The van der Waals surface area contributed by atoms with Crippen molar-refractivity contribution < 1.29 is 4.79 Å². The number of benzene rings is 1. The molecule has 19 heavy (non-hydrogen) atoms. The van der Waals surface area contributed by atoms with Gasteiger partial charge in [0, 0.05) is 25.3 Å². The monoisotopic (exact) mass is 264 g/mol. The molecule has 1 rings (SSSR count). The van der Waals surface area contributed by atoms with Gasteiger partial charge in [-0.3, -0.25) is 4.79 Å². The van der Waals surface area contributed by atoms with Crippen molar-refractivity contribution in [2.45, 2.75) is 13.3 Å². The first-order chi connectivity index (χ1) is 8.95. The maximum Gasteiger partial charge on any atom is 0.250 e. The number of rotatable bonds is 7. The normalized spacial score (nSPS) is 10.7. The Kier molecular flexibility index (Phi) is 5.63. The summed E-state index contributed by atoms with van der Waals surface area (Å²) in [6, 6.07) is 5.23. The van der Waals surface area contributed by atoms with E-state index < -0.39 is 5.91 Å². The predicted octanol–water partition coefficient (Wildman–Crippen LogP) is 1.15. The Labute approximate surface area is 115 Å². The van der Waals surface area contributed by atoms with E-state index in [0.717, 1.165) is 31.7 Å². The summed E-state index contributed by atoms with van der Waals surface area (Å²) in [4.78, 5) is 15.8. The van der Waals surface area contributed by atoms with Gasteiger partial charge in [-0.05, 0) is 38.7 Å². The van der Waals surface area contributed by atoms with E-state index in [4.69, 9.17) is 11.5 Å². The van der Waals surface area contributed by atoms with Crippen molar-refractivity contribution in [3.63, 3.8) is 0 Å². The molecular weight excluding hydrogens is 240 g/mol. The fourth-order valence-corrected chi connectivity index (χ4v) is 1.96. The SMILES string of the molecule is CCCN(CCN(C)C)c1cc(N)ccc1C(N)=O. The van der Waals surface area contributed by atoms with Crippen LogP contribution in [-0.2, 0) is 0 Å². The van der Waals surface area contributed by atoms with Crippen LogP contribution in [0.25, 0.3) is 0 Å². The maximum absolute atomic E-state index is 11.5. The largest absolute Gasteiger partial charge is 0.399 e. The molecule has 4 N–H and O–H groups in total. The van der Waals surface area contributed by atoms with Gasteiger partial charge in [0.2, 0.25) is 0 Å². The number of likely N-dealkylation sites (N-methyl/N-ethyl adjacent to an activating group) is 1.